The van der Waals surface area contributed by atoms with Gasteiger partial charge in [0.2, 0.25) is 5.91 Å². The van der Waals surface area contributed by atoms with Gasteiger partial charge in [-0.3, -0.25) is 9.78 Å². The smallest absolute Gasteiger partial charge is 0.225 e. The van der Waals surface area contributed by atoms with E-state index in [0.29, 0.717) is 13.0 Å². The lowest BCUT2D eigenvalue weighted by Crippen LogP contribution is -2.21. The molecule has 4 nitrogen and oxygen atoms in total. The van der Waals surface area contributed by atoms with Crippen LogP contribution >= 0.6 is 15.9 Å². The third kappa shape index (κ3) is 5.28. The van der Waals surface area contributed by atoms with Crippen LogP contribution in [0.2, 0.25) is 0 Å². The molecule has 0 bridgehead atoms. The van der Waals surface area contributed by atoms with Gasteiger partial charge in [-0.05, 0) is 58.2 Å². The average molecular weight is 348 g/mol. The Hall–Kier alpha value is -1.72. The molecule has 0 saturated heterocycles. The van der Waals surface area contributed by atoms with Gasteiger partial charge < -0.3 is 10.6 Å². The third-order valence-electron chi connectivity index (χ3n) is 3.01. The molecule has 0 aliphatic carbocycles. The van der Waals surface area contributed by atoms with Crippen LogP contribution in [-0.4, -0.2) is 17.4 Å². The Bertz CT molecular complexity index is 602. The molecule has 0 atom stereocenters. The molecule has 5 heteroatoms. The zero-order chi connectivity index (χ0) is 15.1. The van der Waals surface area contributed by atoms with E-state index in [4.69, 9.17) is 0 Å². The molecular formula is C16H18BrN3O. The largest absolute Gasteiger partial charge is 0.325 e. The molecule has 0 aliphatic rings. The molecule has 1 amide bonds. The fourth-order valence-electron chi connectivity index (χ4n) is 1.87. The fraction of sp³-hybridized carbons (Fsp3) is 0.250. The molecule has 110 valence electrons. The lowest BCUT2D eigenvalue weighted by Gasteiger charge is -2.09. The normalized spacial score (nSPS) is 10.4. The number of hydrogen-bond donors (Lipinski definition) is 2. The Balaban J connectivity index is 1.72. The molecule has 1 heterocycles. The van der Waals surface area contributed by atoms with Gasteiger partial charge in [-0.25, -0.2) is 0 Å². The summed E-state index contributed by atoms with van der Waals surface area (Å²) in [5.41, 5.74) is 3.12. The summed E-state index contributed by atoms with van der Waals surface area (Å²) in [6, 6.07) is 9.77. The van der Waals surface area contributed by atoms with Gasteiger partial charge in [0.25, 0.3) is 0 Å². The molecule has 0 saturated carbocycles. The highest BCUT2D eigenvalue weighted by atomic mass is 79.9. The van der Waals surface area contributed by atoms with E-state index in [9.17, 15) is 4.79 Å². The summed E-state index contributed by atoms with van der Waals surface area (Å²) in [6.45, 7) is 3.39. The maximum Gasteiger partial charge on any atom is 0.225 e. The molecule has 0 aliphatic heterocycles. The van der Waals surface area contributed by atoms with Crippen LogP contribution in [0.3, 0.4) is 0 Å². The van der Waals surface area contributed by atoms with E-state index in [0.717, 1.165) is 27.8 Å². The molecule has 21 heavy (non-hydrogen) atoms. The van der Waals surface area contributed by atoms with Gasteiger partial charge in [-0.2, -0.15) is 0 Å². The summed E-state index contributed by atoms with van der Waals surface area (Å²) in [7, 11) is 0. The monoisotopic (exact) mass is 347 g/mol. The number of benzene rings is 1. The van der Waals surface area contributed by atoms with E-state index in [2.05, 4.69) is 31.5 Å². The molecule has 2 N–H and O–H groups in total. The summed E-state index contributed by atoms with van der Waals surface area (Å²) < 4.78 is 0.903. The van der Waals surface area contributed by atoms with Gasteiger partial charge in [-0.1, -0.05) is 6.07 Å². The first-order valence-electron chi connectivity index (χ1n) is 6.81. The van der Waals surface area contributed by atoms with E-state index >= 15 is 0 Å². The van der Waals surface area contributed by atoms with Crippen LogP contribution in [0.1, 0.15) is 17.5 Å². The summed E-state index contributed by atoms with van der Waals surface area (Å²) >= 11 is 3.45. The number of hydrogen-bond acceptors (Lipinski definition) is 3. The van der Waals surface area contributed by atoms with Crippen LogP contribution in [0.15, 0.2) is 47.2 Å². The molecule has 2 aromatic rings. The van der Waals surface area contributed by atoms with Gasteiger partial charge in [0, 0.05) is 36.4 Å². The number of aromatic nitrogens is 1. The van der Waals surface area contributed by atoms with Crippen LogP contribution in [-0.2, 0) is 11.3 Å². The highest BCUT2D eigenvalue weighted by Crippen LogP contribution is 2.23. The molecule has 2 rings (SSSR count). The van der Waals surface area contributed by atoms with Crippen LogP contribution in [0.4, 0.5) is 5.69 Å². The zero-order valence-corrected chi connectivity index (χ0v) is 13.5. The predicted octanol–water partition coefficient (Wildman–Crippen LogP) is 3.27. The number of pyridine rings is 1. The summed E-state index contributed by atoms with van der Waals surface area (Å²) in [6.07, 6.45) is 3.96. The van der Waals surface area contributed by atoms with Crippen molar-refractivity contribution in [3.05, 3.63) is 58.3 Å². The second kappa shape index (κ2) is 7.90. The molecule has 1 aromatic heterocycles. The Morgan fingerprint density at radius 1 is 1.24 bits per heavy atom. The minimum Gasteiger partial charge on any atom is -0.325 e. The van der Waals surface area contributed by atoms with Crippen molar-refractivity contribution in [2.45, 2.75) is 19.9 Å². The summed E-state index contributed by atoms with van der Waals surface area (Å²) in [4.78, 5) is 15.8. The third-order valence-corrected chi connectivity index (χ3v) is 3.66. The van der Waals surface area contributed by atoms with E-state index in [1.54, 1.807) is 12.4 Å². The lowest BCUT2D eigenvalue weighted by molar-refractivity contribution is -0.116. The summed E-state index contributed by atoms with van der Waals surface area (Å²) in [5, 5.41) is 6.14. The SMILES string of the molecule is Cc1ccc(NC(=O)CCNCc2ccncc2)c(Br)c1. The Morgan fingerprint density at radius 3 is 2.71 bits per heavy atom. The molecule has 1 aromatic carbocycles. The minimum atomic E-state index is 0.00165. The first kappa shape index (κ1) is 15.7. The second-order valence-corrected chi connectivity index (χ2v) is 5.67. The van der Waals surface area contributed by atoms with Crippen molar-refractivity contribution in [3.8, 4) is 0 Å². The molecule has 0 radical (unpaired) electrons. The van der Waals surface area contributed by atoms with Crippen LogP contribution in [0.25, 0.3) is 0 Å². The predicted molar refractivity (Wildman–Crippen MR) is 88.1 cm³/mol. The Morgan fingerprint density at radius 2 is 2.00 bits per heavy atom. The van der Waals surface area contributed by atoms with Crippen molar-refractivity contribution in [1.29, 1.82) is 0 Å². The second-order valence-electron chi connectivity index (χ2n) is 4.81. The van der Waals surface area contributed by atoms with E-state index in [1.807, 2.05) is 37.3 Å². The van der Waals surface area contributed by atoms with Gasteiger partial charge in [-0.15, -0.1) is 0 Å². The van der Waals surface area contributed by atoms with Crippen molar-refractivity contribution in [2.75, 3.05) is 11.9 Å². The maximum absolute atomic E-state index is 11.9. The number of halogens is 1. The van der Waals surface area contributed by atoms with E-state index < -0.39 is 0 Å². The number of carbonyl (C=O) groups excluding carboxylic acids is 1. The van der Waals surface area contributed by atoms with Gasteiger partial charge >= 0.3 is 0 Å². The van der Waals surface area contributed by atoms with E-state index in [-0.39, 0.29) is 5.91 Å². The van der Waals surface area contributed by atoms with Crippen LogP contribution < -0.4 is 10.6 Å². The quantitative estimate of drug-likeness (QED) is 0.788. The number of aryl methyl sites for hydroxylation is 1. The van der Waals surface area contributed by atoms with Crippen molar-refractivity contribution in [2.24, 2.45) is 0 Å². The average Bonchev–Trinajstić information content (AvgIpc) is 2.48. The molecule has 0 unspecified atom stereocenters. The van der Waals surface area contributed by atoms with Crippen molar-refractivity contribution < 1.29 is 4.79 Å². The molecular weight excluding hydrogens is 330 g/mol. The summed E-state index contributed by atoms with van der Waals surface area (Å²) in [5.74, 6) is 0.00165. The van der Waals surface area contributed by atoms with Crippen LogP contribution in [0, 0.1) is 6.92 Å². The Kier molecular flexibility index (Phi) is 5.90. The van der Waals surface area contributed by atoms with Crippen molar-refractivity contribution >= 4 is 27.5 Å². The number of carbonyl (C=O) groups is 1. The minimum absolute atomic E-state index is 0.00165. The maximum atomic E-state index is 11.9. The van der Waals surface area contributed by atoms with Crippen LogP contribution in [0.5, 0.6) is 0 Å². The molecule has 0 spiro atoms. The first-order chi connectivity index (χ1) is 10.1. The standard InChI is InChI=1S/C16H18BrN3O/c1-12-2-3-15(14(17)10-12)20-16(21)6-9-19-11-13-4-7-18-8-5-13/h2-5,7-8,10,19H,6,9,11H2,1H3,(H,20,21). The number of nitrogens with zero attached hydrogens (tertiary/aromatic N) is 1. The highest BCUT2D eigenvalue weighted by Gasteiger charge is 2.05. The Labute approximate surface area is 133 Å². The van der Waals surface area contributed by atoms with Gasteiger partial charge in [0.05, 0.1) is 5.69 Å². The van der Waals surface area contributed by atoms with E-state index in [1.165, 1.54) is 0 Å². The number of amides is 1. The zero-order valence-electron chi connectivity index (χ0n) is 11.9. The van der Waals surface area contributed by atoms with Gasteiger partial charge in [0.1, 0.15) is 0 Å². The number of rotatable bonds is 6. The number of anilines is 1. The number of nitrogens with one attached hydrogen (secondary N) is 2. The highest BCUT2D eigenvalue weighted by molar-refractivity contribution is 9.10. The fourth-order valence-corrected chi connectivity index (χ4v) is 2.46. The first-order valence-corrected chi connectivity index (χ1v) is 7.60. The topological polar surface area (TPSA) is 54.0 Å². The molecule has 0 fully saturated rings. The van der Waals surface area contributed by atoms with Gasteiger partial charge in [0.15, 0.2) is 0 Å². The van der Waals surface area contributed by atoms with Crippen molar-refractivity contribution in [3.63, 3.8) is 0 Å². The van der Waals surface area contributed by atoms with Crippen molar-refractivity contribution in [1.82, 2.24) is 10.3 Å². The lowest BCUT2D eigenvalue weighted by atomic mass is 10.2.